The van der Waals surface area contributed by atoms with Gasteiger partial charge in [0.2, 0.25) is 0 Å². The molecule has 2 N–H and O–H groups in total. The highest BCUT2D eigenvalue weighted by Gasteiger charge is 2.11. The van der Waals surface area contributed by atoms with E-state index in [4.69, 9.17) is 10.5 Å². The van der Waals surface area contributed by atoms with Crippen LogP contribution in [0.2, 0.25) is 0 Å². The number of aromatic nitrogens is 1. The smallest absolute Gasteiger partial charge is 0.136 e. The van der Waals surface area contributed by atoms with E-state index in [1.807, 2.05) is 43.3 Å². The minimum atomic E-state index is -0.126. The van der Waals surface area contributed by atoms with Crippen molar-refractivity contribution in [3.8, 4) is 5.75 Å². The van der Waals surface area contributed by atoms with E-state index in [0.29, 0.717) is 6.54 Å². The van der Waals surface area contributed by atoms with Crippen LogP contribution in [0.1, 0.15) is 17.2 Å². The topological polar surface area (TPSA) is 48.1 Å². The summed E-state index contributed by atoms with van der Waals surface area (Å²) in [5.74, 6) is 0.875. The predicted molar refractivity (Wildman–Crippen MR) is 67.8 cm³/mol. The van der Waals surface area contributed by atoms with Crippen molar-refractivity contribution in [1.82, 2.24) is 4.98 Å². The molecule has 3 heteroatoms. The monoisotopic (exact) mass is 228 g/mol. The first-order chi connectivity index (χ1) is 8.31. The molecule has 0 bridgehead atoms. The van der Waals surface area contributed by atoms with Gasteiger partial charge in [0.25, 0.3) is 0 Å². The van der Waals surface area contributed by atoms with Gasteiger partial charge in [-0.2, -0.15) is 0 Å². The van der Waals surface area contributed by atoms with Crippen molar-refractivity contribution >= 4 is 0 Å². The SMILES string of the molecule is Cc1ccccc1OC(CN)c1ccncc1. The highest BCUT2D eigenvalue weighted by molar-refractivity contribution is 5.32. The average Bonchev–Trinajstić information content (AvgIpc) is 2.39. The Morgan fingerprint density at radius 3 is 2.53 bits per heavy atom. The first-order valence-corrected chi connectivity index (χ1v) is 5.63. The number of benzene rings is 1. The van der Waals surface area contributed by atoms with Gasteiger partial charge < -0.3 is 10.5 Å². The molecule has 1 aromatic carbocycles. The van der Waals surface area contributed by atoms with Gasteiger partial charge in [-0.1, -0.05) is 18.2 Å². The minimum Gasteiger partial charge on any atom is -0.484 e. The Morgan fingerprint density at radius 2 is 1.88 bits per heavy atom. The first kappa shape index (κ1) is 11.6. The molecular formula is C14H16N2O. The van der Waals surface area contributed by atoms with Crippen LogP contribution < -0.4 is 10.5 Å². The summed E-state index contributed by atoms with van der Waals surface area (Å²) in [6.45, 7) is 2.47. The molecule has 2 rings (SSSR count). The predicted octanol–water partition coefficient (Wildman–Crippen LogP) is 2.47. The molecule has 0 aliphatic carbocycles. The maximum absolute atomic E-state index is 5.93. The van der Waals surface area contributed by atoms with Crippen LogP contribution in [0.5, 0.6) is 5.75 Å². The molecule has 0 spiro atoms. The molecule has 1 heterocycles. The molecule has 88 valence electrons. The van der Waals surface area contributed by atoms with Gasteiger partial charge >= 0.3 is 0 Å². The largest absolute Gasteiger partial charge is 0.484 e. The zero-order valence-corrected chi connectivity index (χ0v) is 9.84. The maximum atomic E-state index is 5.93. The Hall–Kier alpha value is -1.87. The molecule has 1 unspecified atom stereocenters. The van der Waals surface area contributed by atoms with E-state index in [2.05, 4.69) is 4.98 Å². The number of ether oxygens (including phenoxy) is 1. The molecule has 0 fully saturated rings. The number of aryl methyl sites for hydroxylation is 1. The zero-order chi connectivity index (χ0) is 12.1. The third-order valence-corrected chi connectivity index (χ3v) is 2.65. The second-order valence-corrected chi connectivity index (χ2v) is 3.89. The third-order valence-electron chi connectivity index (χ3n) is 2.65. The van der Waals surface area contributed by atoms with Gasteiger partial charge in [-0.3, -0.25) is 4.98 Å². The molecule has 17 heavy (non-hydrogen) atoms. The van der Waals surface area contributed by atoms with E-state index in [1.165, 1.54) is 0 Å². The Balaban J connectivity index is 2.19. The van der Waals surface area contributed by atoms with Gasteiger partial charge in [0.1, 0.15) is 11.9 Å². The lowest BCUT2D eigenvalue weighted by molar-refractivity contribution is 0.212. The summed E-state index contributed by atoms with van der Waals surface area (Å²) in [5.41, 5.74) is 7.92. The van der Waals surface area contributed by atoms with Crippen LogP contribution in [0.15, 0.2) is 48.8 Å². The van der Waals surface area contributed by atoms with Gasteiger partial charge in [0.15, 0.2) is 0 Å². The fourth-order valence-electron chi connectivity index (χ4n) is 1.67. The summed E-state index contributed by atoms with van der Waals surface area (Å²) in [5, 5.41) is 0. The van der Waals surface area contributed by atoms with E-state index in [0.717, 1.165) is 16.9 Å². The first-order valence-electron chi connectivity index (χ1n) is 5.63. The maximum Gasteiger partial charge on any atom is 0.136 e. The Morgan fingerprint density at radius 1 is 1.18 bits per heavy atom. The second-order valence-electron chi connectivity index (χ2n) is 3.89. The van der Waals surface area contributed by atoms with Gasteiger partial charge in [-0.25, -0.2) is 0 Å². The molecule has 3 nitrogen and oxygen atoms in total. The fourth-order valence-corrected chi connectivity index (χ4v) is 1.67. The average molecular weight is 228 g/mol. The molecule has 1 atom stereocenters. The number of para-hydroxylation sites is 1. The highest BCUT2D eigenvalue weighted by Crippen LogP contribution is 2.23. The fraction of sp³-hybridized carbons (Fsp3) is 0.214. The summed E-state index contributed by atoms with van der Waals surface area (Å²) < 4.78 is 5.93. The normalized spacial score (nSPS) is 12.1. The zero-order valence-electron chi connectivity index (χ0n) is 9.84. The Kier molecular flexibility index (Phi) is 3.73. The van der Waals surface area contributed by atoms with Crippen molar-refractivity contribution in [3.05, 3.63) is 59.9 Å². The van der Waals surface area contributed by atoms with E-state index >= 15 is 0 Å². The summed E-state index contributed by atoms with van der Waals surface area (Å²) in [6.07, 6.45) is 3.37. The molecule has 1 aromatic heterocycles. The van der Waals surface area contributed by atoms with Crippen LogP contribution in [0.4, 0.5) is 0 Å². The summed E-state index contributed by atoms with van der Waals surface area (Å²) >= 11 is 0. The lowest BCUT2D eigenvalue weighted by Gasteiger charge is -2.18. The second kappa shape index (κ2) is 5.46. The highest BCUT2D eigenvalue weighted by atomic mass is 16.5. The van der Waals surface area contributed by atoms with Gasteiger partial charge in [0.05, 0.1) is 0 Å². The molecule has 0 aliphatic heterocycles. The standard InChI is InChI=1S/C14H16N2O/c1-11-4-2-3-5-13(11)17-14(10-15)12-6-8-16-9-7-12/h2-9,14H,10,15H2,1H3. The van der Waals surface area contributed by atoms with Gasteiger partial charge in [0, 0.05) is 18.9 Å². The van der Waals surface area contributed by atoms with E-state index in [1.54, 1.807) is 12.4 Å². The van der Waals surface area contributed by atoms with Gasteiger partial charge in [-0.15, -0.1) is 0 Å². The van der Waals surface area contributed by atoms with E-state index in [-0.39, 0.29) is 6.10 Å². The molecule has 0 saturated heterocycles. The quantitative estimate of drug-likeness (QED) is 0.874. The number of hydrogen-bond acceptors (Lipinski definition) is 3. The molecule has 0 aliphatic rings. The lowest BCUT2D eigenvalue weighted by atomic mass is 10.1. The van der Waals surface area contributed by atoms with Crippen molar-refractivity contribution in [2.45, 2.75) is 13.0 Å². The summed E-state index contributed by atoms with van der Waals surface area (Å²) in [6, 6.07) is 11.8. The number of pyridine rings is 1. The van der Waals surface area contributed by atoms with Crippen LogP contribution >= 0.6 is 0 Å². The minimum absolute atomic E-state index is 0.126. The Labute approximate surface area is 101 Å². The molecule has 0 amide bonds. The Bertz CT molecular complexity index is 471. The van der Waals surface area contributed by atoms with Crippen LogP contribution in [-0.4, -0.2) is 11.5 Å². The van der Waals surface area contributed by atoms with Crippen LogP contribution in [0.3, 0.4) is 0 Å². The van der Waals surface area contributed by atoms with Crippen molar-refractivity contribution in [1.29, 1.82) is 0 Å². The number of rotatable bonds is 4. The van der Waals surface area contributed by atoms with Crippen LogP contribution in [0.25, 0.3) is 0 Å². The number of nitrogens with zero attached hydrogens (tertiary/aromatic N) is 1. The van der Waals surface area contributed by atoms with Crippen molar-refractivity contribution in [2.75, 3.05) is 6.54 Å². The van der Waals surface area contributed by atoms with Crippen LogP contribution in [0, 0.1) is 6.92 Å². The van der Waals surface area contributed by atoms with Crippen LogP contribution in [-0.2, 0) is 0 Å². The molecule has 2 aromatic rings. The molecule has 0 radical (unpaired) electrons. The van der Waals surface area contributed by atoms with Crippen molar-refractivity contribution in [3.63, 3.8) is 0 Å². The summed E-state index contributed by atoms with van der Waals surface area (Å²) in [7, 11) is 0. The van der Waals surface area contributed by atoms with Crippen molar-refractivity contribution in [2.24, 2.45) is 5.73 Å². The number of hydrogen-bond donors (Lipinski definition) is 1. The lowest BCUT2D eigenvalue weighted by Crippen LogP contribution is -2.18. The van der Waals surface area contributed by atoms with E-state index < -0.39 is 0 Å². The van der Waals surface area contributed by atoms with Gasteiger partial charge in [-0.05, 0) is 36.2 Å². The number of nitrogens with two attached hydrogens (primary N) is 1. The third kappa shape index (κ3) is 2.82. The molecule has 0 saturated carbocycles. The van der Waals surface area contributed by atoms with E-state index in [9.17, 15) is 0 Å². The van der Waals surface area contributed by atoms with Crippen molar-refractivity contribution < 1.29 is 4.74 Å². The summed E-state index contributed by atoms with van der Waals surface area (Å²) in [4.78, 5) is 3.99. The molecular weight excluding hydrogens is 212 g/mol.